The zero-order chi connectivity index (χ0) is 28.2. The van der Waals surface area contributed by atoms with E-state index in [9.17, 15) is 14.4 Å². The van der Waals surface area contributed by atoms with E-state index < -0.39 is 18.0 Å². The molecule has 7 heteroatoms. The third kappa shape index (κ3) is 5.64. The van der Waals surface area contributed by atoms with Crippen molar-refractivity contribution < 1.29 is 23.9 Å². The molecule has 0 unspecified atom stereocenters. The summed E-state index contributed by atoms with van der Waals surface area (Å²) in [5.41, 5.74) is 5.75. The number of nitrogens with zero attached hydrogens (tertiary/aromatic N) is 1. The lowest BCUT2D eigenvalue weighted by Gasteiger charge is -2.23. The van der Waals surface area contributed by atoms with Gasteiger partial charge in [-0.3, -0.25) is 9.59 Å². The number of rotatable bonds is 7. The predicted octanol–water partition coefficient (Wildman–Crippen LogP) is 6.51. The van der Waals surface area contributed by atoms with E-state index in [-0.39, 0.29) is 5.78 Å². The second-order valence-corrected chi connectivity index (χ2v) is 9.80. The number of fused-ring (bicyclic) bond motifs is 2. The van der Waals surface area contributed by atoms with Crippen LogP contribution in [0.5, 0.6) is 5.75 Å². The highest BCUT2D eigenvalue weighted by Crippen LogP contribution is 2.36. The number of ketones is 1. The van der Waals surface area contributed by atoms with Gasteiger partial charge in [-0.25, -0.2) is 9.78 Å². The van der Waals surface area contributed by atoms with Gasteiger partial charge in [0.25, 0.3) is 5.91 Å². The Hall–Kier alpha value is -4.78. The zero-order valence-corrected chi connectivity index (χ0v) is 22.7. The van der Waals surface area contributed by atoms with Crippen LogP contribution in [0.2, 0.25) is 0 Å². The maximum absolute atomic E-state index is 13.7. The summed E-state index contributed by atoms with van der Waals surface area (Å²) in [5, 5.41) is 3.43. The fraction of sp³-hybridized carbons (Fsp3) is 0.212. The molecule has 1 aromatic heterocycles. The van der Waals surface area contributed by atoms with Gasteiger partial charge >= 0.3 is 5.97 Å². The number of amides is 1. The van der Waals surface area contributed by atoms with Gasteiger partial charge in [0, 0.05) is 16.6 Å². The van der Waals surface area contributed by atoms with Crippen LogP contribution >= 0.6 is 0 Å². The first-order valence-electron chi connectivity index (χ1n) is 13.2. The molecule has 1 atom stereocenters. The Morgan fingerprint density at radius 2 is 1.75 bits per heavy atom. The maximum atomic E-state index is 13.7. The van der Waals surface area contributed by atoms with E-state index in [0.29, 0.717) is 34.1 Å². The number of aromatic nitrogens is 1. The predicted molar refractivity (Wildman–Crippen MR) is 155 cm³/mol. The maximum Gasteiger partial charge on any atom is 0.339 e. The largest absolute Gasteiger partial charge is 0.497 e. The van der Waals surface area contributed by atoms with Crippen LogP contribution in [0.15, 0.2) is 72.8 Å². The van der Waals surface area contributed by atoms with Gasteiger partial charge in [-0.15, -0.1) is 0 Å². The van der Waals surface area contributed by atoms with Gasteiger partial charge in [0.1, 0.15) is 5.75 Å². The van der Waals surface area contributed by atoms with Crippen LogP contribution in [0.1, 0.15) is 64.2 Å². The number of hydrogen-bond acceptors (Lipinski definition) is 6. The van der Waals surface area contributed by atoms with Crippen LogP contribution in [-0.4, -0.2) is 35.9 Å². The second kappa shape index (κ2) is 11.5. The van der Waals surface area contributed by atoms with E-state index in [1.54, 1.807) is 31.4 Å². The summed E-state index contributed by atoms with van der Waals surface area (Å²) in [4.78, 5) is 43.2. The Kier molecular flexibility index (Phi) is 7.73. The number of methoxy groups -OCH3 is 1. The number of Topliss-reactive ketones (excluding diaryl/α,β-unsaturated/α-hetero) is 1. The van der Waals surface area contributed by atoms with Crippen molar-refractivity contribution in [3.05, 3.63) is 101 Å². The van der Waals surface area contributed by atoms with Crippen molar-refractivity contribution in [2.24, 2.45) is 0 Å². The Labute approximate surface area is 232 Å². The number of ether oxygens (including phenoxy) is 2. The minimum atomic E-state index is -1.06. The minimum absolute atomic E-state index is 0.106. The molecule has 0 radical (unpaired) electrons. The van der Waals surface area contributed by atoms with Crippen molar-refractivity contribution in [2.45, 2.75) is 39.2 Å². The number of para-hydroxylation sites is 1. The van der Waals surface area contributed by atoms with Crippen LogP contribution in [0.4, 0.5) is 5.69 Å². The van der Waals surface area contributed by atoms with Crippen molar-refractivity contribution in [1.82, 2.24) is 4.98 Å². The average molecular weight is 535 g/mol. The molecule has 1 aliphatic carbocycles. The number of benzene rings is 3. The topological polar surface area (TPSA) is 94.6 Å². The molecule has 202 valence electrons. The van der Waals surface area contributed by atoms with E-state index in [0.717, 1.165) is 41.0 Å². The van der Waals surface area contributed by atoms with Gasteiger partial charge in [0.15, 0.2) is 11.9 Å². The minimum Gasteiger partial charge on any atom is -0.497 e. The summed E-state index contributed by atoms with van der Waals surface area (Å²) in [7, 11) is 1.64. The van der Waals surface area contributed by atoms with Crippen molar-refractivity contribution in [2.75, 3.05) is 12.4 Å². The highest BCUT2D eigenvalue weighted by molar-refractivity contribution is 6.08. The van der Waals surface area contributed by atoms with Crippen LogP contribution < -0.4 is 10.1 Å². The van der Waals surface area contributed by atoms with Gasteiger partial charge in [-0.2, -0.15) is 0 Å². The Morgan fingerprint density at radius 3 is 2.50 bits per heavy atom. The van der Waals surface area contributed by atoms with Crippen molar-refractivity contribution in [3.63, 3.8) is 0 Å². The lowest BCUT2D eigenvalue weighted by molar-refractivity contribution is -0.123. The van der Waals surface area contributed by atoms with Gasteiger partial charge in [-0.05, 0) is 86.2 Å². The molecule has 40 heavy (non-hydrogen) atoms. The van der Waals surface area contributed by atoms with Crippen molar-refractivity contribution >= 4 is 45.9 Å². The molecule has 0 aliphatic heterocycles. The first-order valence-corrected chi connectivity index (χ1v) is 13.2. The number of anilines is 1. The van der Waals surface area contributed by atoms with Crippen molar-refractivity contribution in [1.29, 1.82) is 0 Å². The van der Waals surface area contributed by atoms with Gasteiger partial charge in [0.2, 0.25) is 0 Å². The summed E-state index contributed by atoms with van der Waals surface area (Å²) < 4.78 is 11.0. The first kappa shape index (κ1) is 26.8. The van der Waals surface area contributed by atoms with Crippen LogP contribution in [0, 0.1) is 0 Å². The third-order valence-corrected chi connectivity index (χ3v) is 7.02. The molecule has 0 fully saturated rings. The Morgan fingerprint density at radius 1 is 0.975 bits per heavy atom. The van der Waals surface area contributed by atoms with Crippen molar-refractivity contribution in [3.8, 4) is 5.75 Å². The zero-order valence-electron chi connectivity index (χ0n) is 22.7. The smallest absolute Gasteiger partial charge is 0.339 e. The molecular weight excluding hydrogens is 504 g/mol. The average Bonchev–Trinajstić information content (AvgIpc) is 2.96. The Bertz CT molecular complexity index is 1640. The van der Waals surface area contributed by atoms with Crippen LogP contribution in [0.3, 0.4) is 0 Å². The summed E-state index contributed by atoms with van der Waals surface area (Å²) >= 11 is 0. The molecular formula is C33H30N2O5. The number of pyridine rings is 1. The molecule has 1 N–H and O–H groups in total. The Balaban J connectivity index is 1.46. The van der Waals surface area contributed by atoms with Crippen LogP contribution in [0.25, 0.3) is 22.6 Å². The summed E-state index contributed by atoms with van der Waals surface area (Å²) in [6.45, 7) is 3.00. The van der Waals surface area contributed by atoms with E-state index >= 15 is 0 Å². The van der Waals surface area contributed by atoms with Crippen LogP contribution in [-0.2, 0) is 16.0 Å². The molecule has 0 bridgehead atoms. The molecule has 1 heterocycles. The molecule has 4 aromatic rings. The summed E-state index contributed by atoms with van der Waals surface area (Å²) in [5.74, 6) is -0.377. The monoisotopic (exact) mass is 534 g/mol. The van der Waals surface area contributed by atoms with Gasteiger partial charge in [0.05, 0.1) is 23.9 Å². The molecule has 0 saturated heterocycles. The first-order chi connectivity index (χ1) is 19.3. The highest BCUT2D eigenvalue weighted by Gasteiger charge is 2.28. The number of carbonyl (C=O) groups is 3. The van der Waals surface area contributed by atoms with Gasteiger partial charge in [-0.1, -0.05) is 42.5 Å². The second-order valence-electron chi connectivity index (χ2n) is 9.80. The number of nitrogens with one attached hydrogen (secondary N) is 1. The molecule has 3 aromatic carbocycles. The molecule has 5 rings (SSSR count). The summed E-state index contributed by atoms with van der Waals surface area (Å²) in [6, 6.07) is 21.9. The number of allylic oxidation sites excluding steroid dienone is 1. The molecule has 0 spiro atoms. The number of carbonyl (C=O) groups excluding carboxylic acids is 3. The number of hydrogen-bond donors (Lipinski definition) is 1. The highest BCUT2D eigenvalue weighted by atomic mass is 16.5. The lowest BCUT2D eigenvalue weighted by Crippen LogP contribution is -2.30. The van der Waals surface area contributed by atoms with E-state index in [2.05, 4.69) is 11.4 Å². The normalized spacial score (nSPS) is 14.3. The fourth-order valence-corrected chi connectivity index (χ4v) is 4.94. The van der Waals surface area contributed by atoms with E-state index in [1.165, 1.54) is 13.8 Å². The molecule has 1 aliphatic rings. The fourth-order valence-electron chi connectivity index (χ4n) is 4.94. The van der Waals surface area contributed by atoms with E-state index in [4.69, 9.17) is 14.5 Å². The summed E-state index contributed by atoms with van der Waals surface area (Å²) in [6.07, 6.45) is 3.40. The van der Waals surface area contributed by atoms with Gasteiger partial charge < -0.3 is 14.8 Å². The quantitative estimate of drug-likeness (QED) is 0.215. The lowest BCUT2D eigenvalue weighted by atomic mass is 9.86. The molecule has 0 saturated carbocycles. The molecule has 7 nitrogen and oxygen atoms in total. The van der Waals surface area contributed by atoms with E-state index in [1.807, 2.05) is 48.5 Å². The molecule has 1 amide bonds. The SMILES string of the molecule is COc1ccc(/C=C2/CCCc3c2nc2ccccc2c3C(=O)O[C@H](C)C(=O)Nc2cccc(C(C)=O)c2)cc1. The number of esters is 1. The standard InChI is InChI=1S/C33H30N2O5/c1-20(36)23-8-6-10-25(19-23)34-32(37)21(2)40-33(38)30-27-11-4-5-13-29(27)35-31-24(9-7-12-28(30)31)18-22-14-16-26(39-3)17-15-22/h4-6,8,10-11,13-19,21H,7,9,12H2,1-3H3,(H,34,37)/b24-18-/t21-/m1/s1. The third-order valence-electron chi connectivity index (χ3n) is 7.02.